The van der Waals surface area contributed by atoms with Crippen molar-refractivity contribution in [1.29, 1.82) is 0 Å². The molecule has 1 heterocycles. The number of hydrogen-bond acceptors (Lipinski definition) is 12. The number of rotatable bonds is 66. The molecule has 1 fully saturated rings. The summed E-state index contributed by atoms with van der Waals surface area (Å²) in [5.74, 6) is -2.34. The maximum Gasteiger partial charge on any atom is 0.308 e. The van der Waals surface area contributed by atoms with E-state index < -0.39 is 60.3 Å². The van der Waals surface area contributed by atoms with Gasteiger partial charge in [0.15, 0.2) is 0 Å². The van der Waals surface area contributed by atoms with Crippen LogP contribution >= 0.6 is 0 Å². The van der Waals surface area contributed by atoms with Gasteiger partial charge >= 0.3 is 11.9 Å². The Morgan fingerprint density at radius 1 is 0.337 bits per heavy atom. The molecule has 0 bridgehead atoms. The quantitative estimate of drug-likeness (QED) is 0.0249. The Morgan fingerprint density at radius 3 is 0.767 bits per heavy atom. The number of carbonyl (C=O) groups excluding carboxylic acids is 4. The molecular formula is C72H140N4O10. The summed E-state index contributed by atoms with van der Waals surface area (Å²) < 4.78 is 11.0. The highest BCUT2D eigenvalue weighted by molar-refractivity contribution is 6.00. The van der Waals surface area contributed by atoms with E-state index >= 15 is 0 Å². The van der Waals surface area contributed by atoms with Crippen LogP contribution in [0.25, 0.3) is 0 Å². The summed E-state index contributed by atoms with van der Waals surface area (Å²) in [5.41, 5.74) is 0. The third-order valence-electron chi connectivity index (χ3n) is 17.7. The number of hydrogen-bond donors (Lipinski definition) is 6. The zero-order chi connectivity index (χ0) is 62.8. The van der Waals surface area contributed by atoms with Gasteiger partial charge in [-0.15, -0.1) is 0 Å². The average Bonchev–Trinajstić information content (AvgIpc) is 2.95. The van der Waals surface area contributed by atoms with Gasteiger partial charge in [0.2, 0.25) is 11.8 Å². The number of ether oxygens (including phenoxy) is 2. The Kier molecular flexibility index (Phi) is 57.2. The summed E-state index contributed by atoms with van der Waals surface area (Å²) in [7, 11) is 0. The van der Waals surface area contributed by atoms with Gasteiger partial charge in [-0.1, -0.05) is 285 Å². The fourth-order valence-electron chi connectivity index (χ4n) is 12.2. The molecule has 0 radical (unpaired) electrons. The lowest BCUT2D eigenvalue weighted by molar-refractivity contribution is -0.150. The molecule has 6 N–H and O–H groups in total. The summed E-state index contributed by atoms with van der Waals surface area (Å²) in [6.45, 7) is 12.6. The van der Waals surface area contributed by atoms with Gasteiger partial charge in [0.1, 0.15) is 12.1 Å². The van der Waals surface area contributed by atoms with Crippen LogP contribution in [0.2, 0.25) is 0 Å². The molecule has 86 heavy (non-hydrogen) atoms. The number of nitrogens with one attached hydrogen (secondary N) is 2. The first-order valence-electron chi connectivity index (χ1n) is 37.0. The zero-order valence-electron chi connectivity index (χ0n) is 56.6. The highest BCUT2D eigenvalue weighted by Gasteiger charge is 2.36. The molecule has 1 rings (SSSR count). The van der Waals surface area contributed by atoms with E-state index in [1.807, 2.05) is 0 Å². The second kappa shape index (κ2) is 60.2. The van der Waals surface area contributed by atoms with E-state index in [0.29, 0.717) is 65.0 Å². The number of unbranched alkanes of at least 4 members (excludes halogenated alkanes) is 38. The van der Waals surface area contributed by atoms with Gasteiger partial charge in [-0.2, -0.15) is 0 Å². The van der Waals surface area contributed by atoms with Gasteiger partial charge < -0.3 is 40.5 Å². The van der Waals surface area contributed by atoms with Crippen molar-refractivity contribution in [3.63, 3.8) is 0 Å². The van der Waals surface area contributed by atoms with Crippen LogP contribution in [0, 0.1) is 0 Å². The van der Waals surface area contributed by atoms with E-state index in [1.165, 1.54) is 205 Å². The van der Waals surface area contributed by atoms with Gasteiger partial charge in [0.25, 0.3) is 0 Å². The fraction of sp³-hybridized carbons (Fsp3) is 0.944. The monoisotopic (exact) mass is 1220 g/mol. The normalized spacial score (nSPS) is 15.9. The van der Waals surface area contributed by atoms with E-state index in [2.05, 4.69) is 48.1 Å². The highest BCUT2D eigenvalue weighted by atomic mass is 16.5. The summed E-state index contributed by atoms with van der Waals surface area (Å²) in [5, 5.41) is 49.5. The summed E-state index contributed by atoms with van der Waals surface area (Å²) in [6.07, 6.45) is 52.9. The Hall–Kier alpha value is -2.36. The van der Waals surface area contributed by atoms with Gasteiger partial charge in [-0.05, 0) is 64.5 Å². The number of piperazine rings is 1. The van der Waals surface area contributed by atoms with Crippen molar-refractivity contribution in [1.82, 2.24) is 20.4 Å². The van der Waals surface area contributed by atoms with E-state index in [0.717, 1.165) is 77.0 Å². The third-order valence-corrected chi connectivity index (χ3v) is 17.7. The minimum Gasteiger partial charge on any atom is -0.466 e. The van der Waals surface area contributed by atoms with Crippen LogP contribution in [0.3, 0.4) is 0 Å². The molecule has 1 saturated heterocycles. The molecule has 1 aliphatic rings. The SMILES string of the molecule is CCCCCCCCCCCCC(O)CN(CCCCOC(=O)CC1NC(=O)C(CC(=O)OCCCCN(CC(O)CCCCCCCCCCCC)CC(O)CCCCCCCCCCCC)NC1=O)CC(O)CCCCCCCCCCCC. The number of amides is 2. The smallest absolute Gasteiger partial charge is 0.308 e. The minimum atomic E-state index is -1.11. The maximum atomic E-state index is 13.1. The van der Waals surface area contributed by atoms with Crippen molar-refractivity contribution >= 4 is 23.8 Å². The Morgan fingerprint density at radius 2 is 0.547 bits per heavy atom. The summed E-state index contributed by atoms with van der Waals surface area (Å²) in [4.78, 5) is 56.2. The maximum absolute atomic E-state index is 13.1. The fourth-order valence-corrected chi connectivity index (χ4v) is 12.2. The first-order valence-corrected chi connectivity index (χ1v) is 37.0. The van der Waals surface area contributed by atoms with Gasteiger partial charge in [-0.3, -0.25) is 29.0 Å². The van der Waals surface area contributed by atoms with Crippen LogP contribution in [0.15, 0.2) is 0 Å². The van der Waals surface area contributed by atoms with Crippen LogP contribution in [0.1, 0.15) is 349 Å². The van der Waals surface area contributed by atoms with Crippen molar-refractivity contribution in [2.24, 2.45) is 0 Å². The zero-order valence-corrected chi connectivity index (χ0v) is 56.6. The van der Waals surface area contributed by atoms with Crippen molar-refractivity contribution in [2.45, 2.75) is 385 Å². The Labute approximate surface area is 528 Å². The van der Waals surface area contributed by atoms with Crippen LogP contribution in [-0.4, -0.2) is 143 Å². The number of aliphatic hydroxyl groups excluding tert-OH is 4. The largest absolute Gasteiger partial charge is 0.466 e. The second-order valence-electron chi connectivity index (χ2n) is 26.4. The van der Waals surface area contributed by atoms with E-state index in [9.17, 15) is 39.6 Å². The van der Waals surface area contributed by atoms with Crippen molar-refractivity contribution < 1.29 is 49.1 Å². The number of aliphatic hydroxyl groups is 4. The standard InChI is InChI=1S/C72H140N4O10/c1-5-9-13-17-21-25-29-33-37-41-49-63(77)59-75(60-64(78)50-42-38-34-30-26-22-18-14-10-6-2)53-45-47-55-85-69(81)57-67-71(83)74-68(72(84)73-67)58-70(82)86-56-48-46-54-76(61-65(79)51-43-39-35-31-27-23-19-15-11-7-3)62-66(80)52-44-40-36-32-28-24-20-16-12-8-4/h63-68,77-80H,5-62H2,1-4H3,(H,73,84)(H,74,83). The molecule has 0 aromatic heterocycles. The topological polar surface area (TPSA) is 198 Å². The lowest BCUT2D eigenvalue weighted by Crippen LogP contribution is -2.62. The second-order valence-corrected chi connectivity index (χ2v) is 26.4. The van der Waals surface area contributed by atoms with Crippen molar-refractivity contribution in [3.8, 4) is 0 Å². The summed E-state index contributed by atoms with van der Waals surface area (Å²) >= 11 is 0. The Balaban J connectivity index is 2.54. The predicted molar refractivity (Wildman–Crippen MR) is 356 cm³/mol. The molecule has 0 aromatic carbocycles. The van der Waals surface area contributed by atoms with Gasteiger partial charge in [0, 0.05) is 26.2 Å². The van der Waals surface area contributed by atoms with Crippen LogP contribution < -0.4 is 10.6 Å². The van der Waals surface area contributed by atoms with E-state index in [1.54, 1.807) is 0 Å². The van der Waals surface area contributed by atoms with Crippen molar-refractivity contribution in [3.05, 3.63) is 0 Å². The van der Waals surface area contributed by atoms with E-state index in [4.69, 9.17) is 9.47 Å². The number of carbonyl (C=O) groups is 4. The molecule has 0 aliphatic carbocycles. The first kappa shape index (κ1) is 81.7. The number of esters is 2. The van der Waals surface area contributed by atoms with E-state index in [-0.39, 0.29) is 26.1 Å². The summed E-state index contributed by atoms with van der Waals surface area (Å²) in [6, 6.07) is -2.23. The third kappa shape index (κ3) is 51.4. The molecule has 508 valence electrons. The molecule has 0 aromatic rings. The lowest BCUT2D eigenvalue weighted by Gasteiger charge is -2.29. The average molecular weight is 1220 g/mol. The molecule has 1 aliphatic heterocycles. The minimum absolute atomic E-state index is 0.145. The molecular weight excluding hydrogens is 1080 g/mol. The van der Waals surface area contributed by atoms with Gasteiger partial charge in [-0.25, -0.2) is 0 Å². The highest BCUT2D eigenvalue weighted by Crippen LogP contribution is 2.19. The molecule has 6 unspecified atom stereocenters. The molecule has 0 saturated carbocycles. The Bertz CT molecular complexity index is 1370. The molecule has 2 amide bonds. The number of nitrogens with zero attached hydrogens (tertiary/aromatic N) is 2. The molecule has 14 heteroatoms. The first-order chi connectivity index (χ1) is 41.9. The van der Waals surface area contributed by atoms with Gasteiger partial charge in [0.05, 0.1) is 50.5 Å². The predicted octanol–water partition coefficient (Wildman–Crippen LogP) is 15.7. The molecule has 0 spiro atoms. The van der Waals surface area contributed by atoms with Crippen molar-refractivity contribution in [2.75, 3.05) is 52.5 Å². The van der Waals surface area contributed by atoms with Crippen LogP contribution in [0.5, 0.6) is 0 Å². The van der Waals surface area contributed by atoms with Crippen LogP contribution in [-0.2, 0) is 28.7 Å². The lowest BCUT2D eigenvalue weighted by atomic mass is 10.0. The van der Waals surface area contributed by atoms with Crippen LogP contribution in [0.4, 0.5) is 0 Å². The molecule has 14 nitrogen and oxygen atoms in total. The molecule has 6 atom stereocenters.